The lowest BCUT2D eigenvalue weighted by atomic mass is 10.1. The van der Waals surface area contributed by atoms with Crippen molar-refractivity contribution in [2.45, 2.75) is 26.1 Å². The summed E-state index contributed by atoms with van der Waals surface area (Å²) in [4.78, 5) is 13.2. The fourth-order valence-electron chi connectivity index (χ4n) is 2.79. The molecule has 2 rings (SSSR count). The van der Waals surface area contributed by atoms with Crippen LogP contribution in [0.3, 0.4) is 0 Å². The number of methoxy groups -OCH3 is 1. The highest BCUT2D eigenvalue weighted by atomic mass is 35.5. The molecule has 5 nitrogen and oxygen atoms in total. The zero-order chi connectivity index (χ0) is 23.7. The van der Waals surface area contributed by atoms with Crippen molar-refractivity contribution in [3.05, 3.63) is 64.2 Å². The van der Waals surface area contributed by atoms with Gasteiger partial charge in [0.05, 0.1) is 30.4 Å². The van der Waals surface area contributed by atoms with Crippen molar-refractivity contribution >= 4 is 23.6 Å². The average Bonchev–Trinajstić information content (AvgIpc) is 2.75. The summed E-state index contributed by atoms with van der Waals surface area (Å²) in [5.74, 6) is -0.116. The number of amides is 1. The molecule has 0 fully saturated rings. The third-order valence-electron chi connectivity index (χ3n) is 4.26. The van der Waals surface area contributed by atoms with Crippen molar-refractivity contribution in [1.82, 2.24) is 4.90 Å². The van der Waals surface area contributed by atoms with E-state index in [1.165, 1.54) is 43.5 Å². The van der Waals surface area contributed by atoms with Crippen molar-refractivity contribution in [3.8, 4) is 17.6 Å². The normalized spacial score (nSPS) is 11.3. The van der Waals surface area contributed by atoms with Crippen molar-refractivity contribution in [2.75, 3.05) is 20.3 Å². The van der Waals surface area contributed by atoms with E-state index < -0.39 is 18.6 Å². The number of carbonyl (C=O) groups is 1. The quantitative estimate of drug-likeness (QED) is 0.450. The molecule has 2 aromatic rings. The van der Waals surface area contributed by atoms with Crippen LogP contribution in [0.4, 0.5) is 13.2 Å². The highest BCUT2D eigenvalue weighted by Crippen LogP contribution is 2.37. The molecule has 0 unspecified atom stereocenters. The van der Waals surface area contributed by atoms with Crippen LogP contribution in [0.25, 0.3) is 6.08 Å². The summed E-state index contributed by atoms with van der Waals surface area (Å²) in [6.07, 6.45) is -1.39. The van der Waals surface area contributed by atoms with E-state index in [4.69, 9.17) is 26.3 Å². The number of halogens is 4. The number of rotatable bonds is 9. The van der Waals surface area contributed by atoms with E-state index >= 15 is 0 Å². The second-order valence-electron chi connectivity index (χ2n) is 6.83. The smallest absolute Gasteiger partial charge is 0.406 e. The number of benzene rings is 2. The number of nitrogens with zero attached hydrogens (tertiary/aromatic N) is 2. The van der Waals surface area contributed by atoms with Crippen molar-refractivity contribution in [3.63, 3.8) is 0 Å². The van der Waals surface area contributed by atoms with Gasteiger partial charge >= 0.3 is 6.18 Å². The maximum absolute atomic E-state index is 13.0. The van der Waals surface area contributed by atoms with Gasteiger partial charge in [-0.25, -0.2) is 0 Å². The predicted molar refractivity (Wildman–Crippen MR) is 115 cm³/mol. The Morgan fingerprint density at radius 2 is 1.94 bits per heavy atom. The monoisotopic (exact) mass is 466 g/mol. The minimum Gasteiger partial charge on any atom is -0.493 e. The lowest BCUT2D eigenvalue weighted by Crippen LogP contribution is -2.37. The Bertz CT molecular complexity index is 999. The molecule has 32 heavy (non-hydrogen) atoms. The fourth-order valence-corrected chi connectivity index (χ4v) is 3.06. The molecule has 0 aliphatic carbocycles. The average molecular weight is 467 g/mol. The number of nitriles is 1. The van der Waals surface area contributed by atoms with Crippen LogP contribution in [0.1, 0.15) is 30.0 Å². The van der Waals surface area contributed by atoms with Crippen molar-refractivity contribution in [2.24, 2.45) is 0 Å². The van der Waals surface area contributed by atoms with Gasteiger partial charge in [-0.05, 0) is 47.9 Å². The third kappa shape index (κ3) is 7.50. The SMILES string of the molecule is CCCOc1c(Cl)cc(/C=C/C(=O)N(Cc2ccc(C#N)cc2)CC(F)(F)F)cc1OC. The highest BCUT2D eigenvalue weighted by molar-refractivity contribution is 6.32. The van der Waals surface area contributed by atoms with Gasteiger partial charge in [0.2, 0.25) is 5.91 Å². The van der Waals surface area contributed by atoms with E-state index in [2.05, 4.69) is 0 Å². The van der Waals surface area contributed by atoms with Crippen LogP contribution in [0.2, 0.25) is 5.02 Å². The van der Waals surface area contributed by atoms with Crippen LogP contribution in [-0.2, 0) is 11.3 Å². The molecule has 9 heteroatoms. The summed E-state index contributed by atoms with van der Waals surface area (Å²) in [6, 6.07) is 11.0. The Morgan fingerprint density at radius 1 is 1.25 bits per heavy atom. The zero-order valence-corrected chi connectivity index (χ0v) is 18.3. The molecule has 1 amide bonds. The van der Waals surface area contributed by atoms with E-state index in [1.54, 1.807) is 6.07 Å². The molecule has 0 aromatic heterocycles. The number of hydrogen-bond donors (Lipinski definition) is 0. The lowest BCUT2D eigenvalue weighted by Gasteiger charge is -2.23. The van der Waals surface area contributed by atoms with Gasteiger partial charge in [0, 0.05) is 12.6 Å². The van der Waals surface area contributed by atoms with Gasteiger partial charge in [0.15, 0.2) is 11.5 Å². The number of ether oxygens (including phenoxy) is 2. The third-order valence-corrected chi connectivity index (χ3v) is 4.54. The summed E-state index contributed by atoms with van der Waals surface area (Å²) in [5.41, 5.74) is 1.31. The van der Waals surface area contributed by atoms with Crippen LogP contribution in [0, 0.1) is 11.3 Å². The first-order valence-electron chi connectivity index (χ1n) is 9.70. The minimum atomic E-state index is -4.57. The Labute approximate surface area is 189 Å². The summed E-state index contributed by atoms with van der Waals surface area (Å²) in [5, 5.41) is 9.11. The van der Waals surface area contributed by atoms with Gasteiger partial charge in [-0.15, -0.1) is 0 Å². The van der Waals surface area contributed by atoms with Gasteiger partial charge in [0.25, 0.3) is 0 Å². The van der Waals surface area contributed by atoms with E-state index in [-0.39, 0.29) is 11.6 Å². The first-order chi connectivity index (χ1) is 15.2. The van der Waals surface area contributed by atoms with Crippen LogP contribution >= 0.6 is 11.6 Å². The topological polar surface area (TPSA) is 62.6 Å². The molecule has 170 valence electrons. The first-order valence-corrected chi connectivity index (χ1v) is 10.1. The molecule has 0 aliphatic rings. The fraction of sp³-hybridized carbons (Fsp3) is 0.304. The molecule has 0 heterocycles. The molecule has 0 saturated heterocycles. The molecule has 0 radical (unpaired) electrons. The Balaban J connectivity index is 2.24. The second-order valence-corrected chi connectivity index (χ2v) is 7.24. The van der Waals surface area contributed by atoms with Gasteiger partial charge < -0.3 is 14.4 Å². The number of carbonyl (C=O) groups excluding carboxylic acids is 1. The van der Waals surface area contributed by atoms with Crippen LogP contribution in [-0.4, -0.2) is 37.2 Å². The molecule has 2 aromatic carbocycles. The van der Waals surface area contributed by atoms with E-state index in [1.807, 2.05) is 13.0 Å². The molecular weight excluding hydrogens is 445 g/mol. The molecule has 0 N–H and O–H groups in total. The summed E-state index contributed by atoms with van der Waals surface area (Å²) in [6.45, 7) is 0.700. The van der Waals surface area contributed by atoms with Gasteiger partial charge in [0.1, 0.15) is 6.54 Å². The van der Waals surface area contributed by atoms with Crippen LogP contribution in [0.15, 0.2) is 42.5 Å². The highest BCUT2D eigenvalue weighted by Gasteiger charge is 2.32. The largest absolute Gasteiger partial charge is 0.493 e. The lowest BCUT2D eigenvalue weighted by molar-refractivity contribution is -0.159. The Hall–Kier alpha value is -3.18. The van der Waals surface area contributed by atoms with Crippen LogP contribution in [0.5, 0.6) is 11.5 Å². The number of hydrogen-bond acceptors (Lipinski definition) is 4. The van der Waals surface area contributed by atoms with Crippen molar-refractivity contribution < 1.29 is 27.4 Å². The second kappa shape index (κ2) is 11.4. The Kier molecular flexibility index (Phi) is 8.97. The Morgan fingerprint density at radius 3 is 2.50 bits per heavy atom. The van der Waals surface area contributed by atoms with E-state index in [0.29, 0.717) is 39.7 Å². The standard InChI is InChI=1S/C23H22ClF3N2O3/c1-3-10-32-22-19(24)11-18(12-20(22)31-2)8-9-21(30)29(15-23(25,26)27)14-17-6-4-16(13-28)5-7-17/h4-9,11-12H,3,10,14-15H2,1-2H3/b9-8+. The first kappa shape index (κ1) is 25.1. The van der Waals surface area contributed by atoms with Gasteiger partial charge in [-0.1, -0.05) is 30.7 Å². The molecule has 0 bridgehead atoms. The van der Waals surface area contributed by atoms with E-state index in [0.717, 1.165) is 12.5 Å². The zero-order valence-electron chi connectivity index (χ0n) is 17.6. The maximum atomic E-state index is 13.0. The van der Waals surface area contributed by atoms with Crippen LogP contribution < -0.4 is 9.47 Å². The number of alkyl halides is 3. The summed E-state index contributed by atoms with van der Waals surface area (Å²) in [7, 11) is 1.44. The van der Waals surface area contributed by atoms with E-state index in [9.17, 15) is 18.0 Å². The van der Waals surface area contributed by atoms with Crippen molar-refractivity contribution in [1.29, 1.82) is 5.26 Å². The molecule has 0 saturated carbocycles. The molecular formula is C23H22ClF3N2O3. The molecule has 0 aliphatic heterocycles. The summed E-state index contributed by atoms with van der Waals surface area (Å²) >= 11 is 6.24. The predicted octanol–water partition coefficient (Wildman–Crippen LogP) is 5.61. The minimum absolute atomic E-state index is 0.259. The summed E-state index contributed by atoms with van der Waals surface area (Å²) < 4.78 is 50.0. The molecule has 0 atom stereocenters. The molecule has 0 spiro atoms. The van der Waals surface area contributed by atoms with Gasteiger partial charge in [-0.3, -0.25) is 4.79 Å². The maximum Gasteiger partial charge on any atom is 0.406 e. The van der Waals surface area contributed by atoms with Gasteiger partial charge in [-0.2, -0.15) is 18.4 Å².